The van der Waals surface area contributed by atoms with E-state index >= 15 is 0 Å². The van der Waals surface area contributed by atoms with E-state index in [1.165, 1.54) is 6.42 Å². The van der Waals surface area contributed by atoms with Crippen molar-refractivity contribution in [1.82, 2.24) is 4.90 Å². The fourth-order valence-electron chi connectivity index (χ4n) is 3.65. The quantitative estimate of drug-likeness (QED) is 0.921. The zero-order valence-corrected chi connectivity index (χ0v) is 14.9. The van der Waals surface area contributed by atoms with Crippen molar-refractivity contribution in [3.05, 3.63) is 18.2 Å². The molecule has 0 aromatic heterocycles. The number of hydrogen-bond acceptors (Lipinski definition) is 4. The maximum Gasteiger partial charge on any atom is 0.227 e. The molecule has 2 fully saturated rings. The Morgan fingerprint density at radius 1 is 1.12 bits per heavy atom. The van der Waals surface area contributed by atoms with Crippen molar-refractivity contribution in [2.24, 2.45) is 5.92 Å². The molecular formula is C19H29N3O2. The number of piperazine rings is 1. The number of nitrogens with one attached hydrogen (secondary N) is 1. The van der Waals surface area contributed by atoms with Gasteiger partial charge in [0.25, 0.3) is 0 Å². The molecule has 1 heterocycles. The minimum atomic E-state index is 0.142. The van der Waals surface area contributed by atoms with Gasteiger partial charge < -0.3 is 19.9 Å². The Balaban J connectivity index is 1.73. The van der Waals surface area contributed by atoms with Crippen LogP contribution < -0.4 is 15.0 Å². The van der Waals surface area contributed by atoms with Crippen LogP contribution in [-0.4, -0.2) is 51.1 Å². The molecule has 1 aliphatic heterocycles. The van der Waals surface area contributed by atoms with E-state index in [9.17, 15) is 4.79 Å². The van der Waals surface area contributed by atoms with Gasteiger partial charge in [-0.05, 0) is 38.1 Å². The van der Waals surface area contributed by atoms with E-state index in [2.05, 4.69) is 34.3 Å². The molecular weight excluding hydrogens is 302 g/mol. The highest BCUT2D eigenvalue weighted by Crippen LogP contribution is 2.32. The van der Waals surface area contributed by atoms with E-state index in [-0.39, 0.29) is 11.8 Å². The van der Waals surface area contributed by atoms with Crippen LogP contribution >= 0.6 is 0 Å². The first-order valence-electron chi connectivity index (χ1n) is 9.10. The molecule has 3 rings (SSSR count). The minimum absolute atomic E-state index is 0.142. The molecule has 0 bridgehead atoms. The predicted molar refractivity (Wildman–Crippen MR) is 97.9 cm³/mol. The van der Waals surface area contributed by atoms with Gasteiger partial charge in [0.15, 0.2) is 0 Å². The highest BCUT2D eigenvalue weighted by Gasteiger charge is 2.23. The van der Waals surface area contributed by atoms with E-state index < -0.39 is 0 Å². The van der Waals surface area contributed by atoms with Gasteiger partial charge in [0, 0.05) is 37.8 Å². The summed E-state index contributed by atoms with van der Waals surface area (Å²) in [5, 5.41) is 3.12. The van der Waals surface area contributed by atoms with Crippen LogP contribution in [0.4, 0.5) is 11.4 Å². The Hall–Kier alpha value is -1.75. The maximum atomic E-state index is 12.6. The van der Waals surface area contributed by atoms with Crippen molar-refractivity contribution < 1.29 is 9.53 Å². The van der Waals surface area contributed by atoms with E-state index in [4.69, 9.17) is 4.74 Å². The van der Waals surface area contributed by atoms with Crippen LogP contribution in [0.2, 0.25) is 0 Å². The highest BCUT2D eigenvalue weighted by molar-refractivity contribution is 5.94. The topological polar surface area (TPSA) is 44.8 Å². The Labute approximate surface area is 145 Å². The smallest absolute Gasteiger partial charge is 0.227 e. The van der Waals surface area contributed by atoms with Crippen LogP contribution in [0.1, 0.15) is 32.1 Å². The molecule has 1 saturated heterocycles. The Morgan fingerprint density at radius 3 is 2.50 bits per heavy atom. The van der Waals surface area contributed by atoms with Crippen LogP contribution in [0.3, 0.4) is 0 Å². The average Bonchev–Trinajstić information content (AvgIpc) is 2.63. The summed E-state index contributed by atoms with van der Waals surface area (Å²) in [6, 6.07) is 6.11. The third-order valence-corrected chi connectivity index (χ3v) is 5.29. The standard InChI is InChI=1S/C19H29N3O2/c1-21-10-12-22(13-11-21)16-8-9-18(24-2)17(14-16)20-19(23)15-6-4-3-5-7-15/h8-9,14-15H,3-7,10-13H2,1-2H3,(H,20,23). The largest absolute Gasteiger partial charge is 0.495 e. The van der Waals surface area contributed by atoms with E-state index in [0.29, 0.717) is 0 Å². The predicted octanol–water partition coefficient (Wildman–Crippen LogP) is 2.97. The number of nitrogens with zero attached hydrogens (tertiary/aromatic N) is 2. The van der Waals surface area contributed by atoms with Crippen molar-refractivity contribution >= 4 is 17.3 Å². The first-order chi connectivity index (χ1) is 11.7. The number of rotatable bonds is 4. The number of hydrogen-bond donors (Lipinski definition) is 1. The third-order valence-electron chi connectivity index (χ3n) is 5.29. The number of benzene rings is 1. The number of anilines is 2. The molecule has 0 radical (unpaired) electrons. The van der Waals surface area contributed by atoms with Gasteiger partial charge in [0.05, 0.1) is 12.8 Å². The first kappa shape index (κ1) is 17.1. The summed E-state index contributed by atoms with van der Waals surface area (Å²) < 4.78 is 5.45. The van der Waals surface area contributed by atoms with Crippen molar-refractivity contribution in [3.63, 3.8) is 0 Å². The SMILES string of the molecule is COc1ccc(N2CCN(C)CC2)cc1NC(=O)C1CCCCC1. The fraction of sp³-hybridized carbons (Fsp3) is 0.632. The molecule has 24 heavy (non-hydrogen) atoms. The molecule has 2 aliphatic rings. The van der Waals surface area contributed by atoms with Crippen LogP contribution in [0.5, 0.6) is 5.75 Å². The zero-order chi connectivity index (χ0) is 16.9. The van der Waals surface area contributed by atoms with Gasteiger partial charge in [-0.1, -0.05) is 19.3 Å². The van der Waals surface area contributed by atoms with E-state index in [0.717, 1.165) is 69.0 Å². The average molecular weight is 331 g/mol. The fourth-order valence-corrected chi connectivity index (χ4v) is 3.65. The molecule has 132 valence electrons. The summed E-state index contributed by atoms with van der Waals surface area (Å²) >= 11 is 0. The van der Waals surface area contributed by atoms with Gasteiger partial charge >= 0.3 is 0 Å². The van der Waals surface area contributed by atoms with Crippen molar-refractivity contribution in [2.75, 3.05) is 50.6 Å². The summed E-state index contributed by atoms with van der Waals surface area (Å²) in [6.07, 6.45) is 5.59. The van der Waals surface area contributed by atoms with Crippen molar-refractivity contribution in [2.45, 2.75) is 32.1 Å². The molecule has 5 nitrogen and oxygen atoms in total. The number of methoxy groups -OCH3 is 1. The number of ether oxygens (including phenoxy) is 1. The van der Waals surface area contributed by atoms with Crippen molar-refractivity contribution in [1.29, 1.82) is 0 Å². The summed E-state index contributed by atoms with van der Waals surface area (Å²) in [6.45, 7) is 4.16. The normalized spacial score (nSPS) is 20.0. The van der Waals surface area contributed by atoms with E-state index in [1.54, 1.807) is 7.11 Å². The summed E-state index contributed by atoms with van der Waals surface area (Å²) in [7, 11) is 3.81. The maximum absolute atomic E-state index is 12.6. The second-order valence-electron chi connectivity index (χ2n) is 7.00. The Kier molecular flexibility index (Phi) is 5.61. The molecule has 1 amide bonds. The molecule has 1 aromatic carbocycles. The van der Waals surface area contributed by atoms with Gasteiger partial charge in [-0.25, -0.2) is 0 Å². The number of likely N-dealkylation sites (N-methyl/N-ethyl adjacent to an activating group) is 1. The van der Waals surface area contributed by atoms with Gasteiger partial charge in [0.1, 0.15) is 5.75 Å². The van der Waals surface area contributed by atoms with Crippen LogP contribution in [0.25, 0.3) is 0 Å². The van der Waals surface area contributed by atoms with Gasteiger partial charge in [-0.15, -0.1) is 0 Å². The van der Waals surface area contributed by atoms with Crippen LogP contribution in [0.15, 0.2) is 18.2 Å². The second kappa shape index (κ2) is 7.88. The molecule has 1 saturated carbocycles. The second-order valence-corrected chi connectivity index (χ2v) is 7.00. The van der Waals surface area contributed by atoms with E-state index in [1.807, 2.05) is 6.07 Å². The molecule has 1 aromatic rings. The number of carbonyl (C=O) groups is 1. The summed E-state index contributed by atoms with van der Waals surface area (Å²) in [5.41, 5.74) is 1.95. The lowest BCUT2D eigenvalue weighted by Crippen LogP contribution is -2.44. The highest BCUT2D eigenvalue weighted by atomic mass is 16.5. The monoisotopic (exact) mass is 331 g/mol. The van der Waals surface area contributed by atoms with Gasteiger partial charge in [-0.2, -0.15) is 0 Å². The molecule has 1 aliphatic carbocycles. The Bertz CT molecular complexity index is 562. The molecule has 0 spiro atoms. The van der Waals surface area contributed by atoms with Crippen molar-refractivity contribution in [3.8, 4) is 5.75 Å². The summed E-state index contributed by atoms with van der Waals surface area (Å²) in [4.78, 5) is 17.3. The Morgan fingerprint density at radius 2 is 1.83 bits per heavy atom. The lowest BCUT2D eigenvalue weighted by atomic mass is 9.88. The third kappa shape index (κ3) is 4.01. The van der Waals surface area contributed by atoms with Crippen LogP contribution in [-0.2, 0) is 4.79 Å². The summed E-state index contributed by atoms with van der Waals surface area (Å²) in [5.74, 6) is 1.02. The lowest BCUT2D eigenvalue weighted by Gasteiger charge is -2.34. The molecule has 0 unspecified atom stereocenters. The lowest BCUT2D eigenvalue weighted by molar-refractivity contribution is -0.120. The molecule has 1 N–H and O–H groups in total. The van der Waals surface area contributed by atoms with Gasteiger partial charge in [0.2, 0.25) is 5.91 Å². The molecule has 0 atom stereocenters. The number of amides is 1. The first-order valence-corrected chi connectivity index (χ1v) is 9.10. The molecule has 5 heteroatoms. The number of carbonyl (C=O) groups excluding carboxylic acids is 1. The van der Waals surface area contributed by atoms with Crippen LogP contribution in [0, 0.1) is 5.92 Å². The zero-order valence-electron chi connectivity index (χ0n) is 14.9. The minimum Gasteiger partial charge on any atom is -0.495 e. The van der Waals surface area contributed by atoms with Gasteiger partial charge in [-0.3, -0.25) is 4.79 Å².